The van der Waals surface area contributed by atoms with Gasteiger partial charge in [-0.15, -0.1) is 0 Å². The number of para-hydroxylation sites is 1. The minimum atomic E-state index is -1.71. The van der Waals surface area contributed by atoms with E-state index < -0.39 is 102 Å². The fourth-order valence-electron chi connectivity index (χ4n) is 8.61. The molecular weight excluding hydrogens is 986 g/mol. The number of H-pyrrole nitrogens is 1. The van der Waals surface area contributed by atoms with Crippen LogP contribution in [0, 0.1) is 5.92 Å². The monoisotopic (exact) mass is 1050 g/mol. The van der Waals surface area contributed by atoms with E-state index in [9.17, 15) is 38.4 Å². The summed E-state index contributed by atoms with van der Waals surface area (Å²) in [6.07, 6.45) is 2.48. The summed E-state index contributed by atoms with van der Waals surface area (Å²) in [7, 11) is 0. The van der Waals surface area contributed by atoms with Gasteiger partial charge in [0.05, 0.1) is 13.0 Å². The zero-order chi connectivity index (χ0) is 54.4. The smallest absolute Gasteiger partial charge is 0.324 e. The Hall–Kier alpha value is -8.01. The summed E-state index contributed by atoms with van der Waals surface area (Å²) in [6.45, 7) is 2.26. The molecule has 402 valence electrons. The van der Waals surface area contributed by atoms with Gasteiger partial charge >= 0.3 is 6.03 Å². The summed E-state index contributed by atoms with van der Waals surface area (Å²) in [5.41, 5.74) is 19.6. The molecule has 0 saturated carbocycles. The first kappa shape index (κ1) is 57.9. The maximum Gasteiger partial charge on any atom is 0.324 e. The first-order valence-electron chi connectivity index (χ1n) is 24.9. The number of aromatic nitrogens is 1. The van der Waals surface area contributed by atoms with E-state index in [0.717, 1.165) is 21.4 Å². The van der Waals surface area contributed by atoms with Crippen LogP contribution in [-0.2, 0) is 57.6 Å². The second-order valence-corrected chi connectivity index (χ2v) is 18.9. The number of primary amides is 1. The number of imide groups is 1. The molecule has 14 N–H and O–H groups in total. The molecule has 0 radical (unpaired) electrons. The van der Waals surface area contributed by atoms with E-state index in [1.165, 1.54) is 6.92 Å². The average Bonchev–Trinajstić information content (AvgIpc) is 3.78. The van der Waals surface area contributed by atoms with Crippen molar-refractivity contribution in [3.05, 3.63) is 107 Å². The van der Waals surface area contributed by atoms with Crippen LogP contribution in [-0.4, -0.2) is 126 Å². The Kier molecular flexibility index (Phi) is 22.4. The molecule has 1 fully saturated rings. The number of fused-ring (bicyclic) bond motifs is 1. The molecular formula is C52H68ClN13O9. The number of hydrogen-bond acceptors (Lipinski definition) is 10. The number of halogens is 1. The minimum Gasteiger partial charge on any atom is -0.370 e. The highest BCUT2D eigenvalue weighted by Crippen LogP contribution is 2.21. The summed E-state index contributed by atoms with van der Waals surface area (Å²) in [6, 6.07) is 15.2. The number of guanidine groups is 1. The van der Waals surface area contributed by atoms with Gasteiger partial charge in [-0.05, 0) is 79.3 Å². The van der Waals surface area contributed by atoms with E-state index in [-0.39, 0.29) is 70.5 Å². The third-order valence-corrected chi connectivity index (χ3v) is 12.8. The number of aliphatic imine (C=N–C) groups is 1. The van der Waals surface area contributed by atoms with Crippen molar-refractivity contribution in [2.75, 3.05) is 26.2 Å². The highest BCUT2D eigenvalue weighted by molar-refractivity contribution is 6.30. The number of nitrogens with one attached hydrogen (secondary N) is 8. The third-order valence-electron chi connectivity index (χ3n) is 12.6. The van der Waals surface area contributed by atoms with Crippen LogP contribution in [0.15, 0.2) is 90.1 Å². The molecule has 23 heteroatoms. The molecule has 1 saturated heterocycles. The fraction of sp³-hybridized carbons (Fsp3) is 0.423. The normalized spacial score (nSPS) is 19.6. The van der Waals surface area contributed by atoms with Gasteiger partial charge in [-0.1, -0.05) is 85.6 Å². The Morgan fingerprint density at radius 2 is 1.55 bits per heavy atom. The summed E-state index contributed by atoms with van der Waals surface area (Å²) >= 11 is 6.34. The predicted octanol–water partition coefficient (Wildman–Crippen LogP) is 1.09. The molecule has 6 atom stereocenters. The van der Waals surface area contributed by atoms with E-state index in [1.54, 1.807) is 54.7 Å². The lowest BCUT2D eigenvalue weighted by atomic mass is 9.96. The molecule has 4 unspecified atom stereocenters. The highest BCUT2D eigenvalue weighted by Gasteiger charge is 2.37. The summed E-state index contributed by atoms with van der Waals surface area (Å²) < 4.78 is 0. The number of carbonyl (C=O) groups excluding carboxylic acids is 9. The molecule has 1 aliphatic heterocycles. The molecule has 1 aromatic heterocycles. The van der Waals surface area contributed by atoms with Crippen molar-refractivity contribution in [3.63, 3.8) is 0 Å². The van der Waals surface area contributed by atoms with Crippen molar-refractivity contribution in [2.24, 2.45) is 28.1 Å². The molecule has 10 amide bonds. The number of rotatable bonds is 17. The van der Waals surface area contributed by atoms with Crippen molar-refractivity contribution in [3.8, 4) is 0 Å². The van der Waals surface area contributed by atoms with E-state index >= 15 is 4.79 Å². The molecule has 0 spiro atoms. The lowest BCUT2D eigenvalue weighted by molar-refractivity contribution is -0.138. The van der Waals surface area contributed by atoms with E-state index in [2.05, 4.69) is 47.2 Å². The minimum absolute atomic E-state index is 0.0167. The second-order valence-electron chi connectivity index (χ2n) is 18.4. The van der Waals surface area contributed by atoms with E-state index in [1.807, 2.05) is 37.3 Å². The van der Waals surface area contributed by atoms with Crippen LogP contribution in [0.5, 0.6) is 0 Å². The van der Waals surface area contributed by atoms with Gasteiger partial charge in [-0.25, -0.2) is 4.79 Å². The molecule has 4 aromatic rings. The highest BCUT2D eigenvalue weighted by atomic mass is 35.5. The fourth-order valence-corrected chi connectivity index (χ4v) is 8.83. The number of nitrogens with zero attached hydrogens (tertiary/aromatic N) is 2. The van der Waals surface area contributed by atoms with Crippen LogP contribution in [0.1, 0.15) is 75.5 Å². The predicted molar refractivity (Wildman–Crippen MR) is 282 cm³/mol. The van der Waals surface area contributed by atoms with Gasteiger partial charge in [0.15, 0.2) is 5.96 Å². The number of benzene rings is 3. The molecule has 0 bridgehead atoms. The Bertz CT molecular complexity index is 2680. The largest absolute Gasteiger partial charge is 0.370 e. The van der Waals surface area contributed by atoms with Gasteiger partial charge in [0.1, 0.15) is 30.2 Å². The van der Waals surface area contributed by atoms with Gasteiger partial charge in [-0.2, -0.15) is 0 Å². The summed E-state index contributed by atoms with van der Waals surface area (Å²) in [5.74, 6) is -6.92. The maximum absolute atomic E-state index is 15.1. The standard InChI is InChI=1S/C52H68ClN13O9/c1-3-32(23-34-15-11-16-36(53)24-34)30-66-50(74)43(64-48(72)40(61-31(2)67)20-12-22-58-51(55)56)27-44(68)57-21-10-9-19-39(46(54)70)63-49(73)42(26-35-28-59-38-18-8-7-17-37(35)38)62-45(69)29-60-47(71)41(65-52(66)75)25-33-13-5-4-6-14-33/h4-8,11,13-18,24,28,32,39-43,59H,3,9-10,12,19-23,25-27,29-30H2,1-2H3,(H2,54,70)(H,57,68)(H,60,71)(H,61,67)(H,62,69)(H,63,73)(H,64,72)(H,65,75)(H4,55,56,58)/t32?,39?,40-,41?,42-,43?/m0/s1. The van der Waals surface area contributed by atoms with Crippen molar-refractivity contribution in [1.82, 2.24) is 47.1 Å². The van der Waals surface area contributed by atoms with E-state index in [4.69, 9.17) is 28.8 Å². The van der Waals surface area contributed by atoms with Gasteiger partial charge in [0.2, 0.25) is 41.4 Å². The van der Waals surface area contributed by atoms with E-state index in [0.29, 0.717) is 29.0 Å². The zero-order valence-electron chi connectivity index (χ0n) is 42.1. The summed E-state index contributed by atoms with van der Waals surface area (Å²) in [4.78, 5) is 133. The topological polar surface area (TPSA) is 347 Å². The molecule has 1 aliphatic rings. The second kappa shape index (κ2) is 29.0. The SMILES string of the molecule is CCC(Cc1cccc(Cl)c1)CN1C(=O)NC(Cc2ccccc2)C(=O)NCC(=O)N[C@@H](Cc2c[nH]c3ccccc23)C(=O)NC(C(N)=O)CCCCNC(=O)CC(NC(=O)[C@H](CCCN=C(N)N)NC(C)=O)C1=O. The molecule has 75 heavy (non-hydrogen) atoms. The van der Waals surface area contributed by atoms with Crippen LogP contribution in [0.2, 0.25) is 5.02 Å². The molecule has 2 heterocycles. The van der Waals surface area contributed by atoms with Crippen LogP contribution in [0.4, 0.5) is 4.79 Å². The number of aromatic amines is 1. The van der Waals surface area contributed by atoms with Crippen molar-refractivity contribution in [2.45, 2.75) is 108 Å². The Labute approximate surface area is 439 Å². The number of urea groups is 1. The number of hydrogen-bond donors (Lipinski definition) is 11. The van der Waals surface area contributed by atoms with Crippen molar-refractivity contribution in [1.29, 1.82) is 0 Å². The molecule has 22 nitrogen and oxygen atoms in total. The first-order chi connectivity index (χ1) is 35.9. The van der Waals surface area contributed by atoms with Crippen LogP contribution < -0.4 is 54.4 Å². The van der Waals surface area contributed by atoms with Crippen molar-refractivity contribution >= 4 is 81.8 Å². The number of carbonyl (C=O) groups is 9. The van der Waals surface area contributed by atoms with Crippen LogP contribution in [0.3, 0.4) is 0 Å². The van der Waals surface area contributed by atoms with Gasteiger partial charge in [0.25, 0.3) is 5.91 Å². The van der Waals surface area contributed by atoms with Gasteiger partial charge in [0, 0.05) is 61.5 Å². The Morgan fingerprint density at radius 3 is 2.25 bits per heavy atom. The Morgan fingerprint density at radius 1 is 0.827 bits per heavy atom. The number of amides is 10. The zero-order valence-corrected chi connectivity index (χ0v) is 42.9. The van der Waals surface area contributed by atoms with Gasteiger partial charge in [-0.3, -0.25) is 48.2 Å². The van der Waals surface area contributed by atoms with Gasteiger partial charge < -0.3 is 59.4 Å². The molecule has 5 rings (SSSR count). The Balaban J connectivity index is 1.53. The average molecular weight is 1050 g/mol. The third kappa shape index (κ3) is 18.8. The quantitative estimate of drug-likeness (QED) is 0.0404. The number of nitrogens with two attached hydrogens (primary N) is 3. The lowest BCUT2D eigenvalue weighted by Gasteiger charge is -2.31. The molecule has 0 aliphatic carbocycles. The maximum atomic E-state index is 15.1. The first-order valence-corrected chi connectivity index (χ1v) is 25.3. The van der Waals surface area contributed by atoms with Crippen molar-refractivity contribution < 1.29 is 43.2 Å². The van der Waals surface area contributed by atoms with Crippen LogP contribution in [0.25, 0.3) is 10.9 Å². The summed E-state index contributed by atoms with van der Waals surface area (Å²) in [5, 5.41) is 19.8. The lowest BCUT2D eigenvalue weighted by Crippen LogP contribution is -2.60. The van der Waals surface area contributed by atoms with Crippen LogP contribution >= 0.6 is 11.6 Å². The molecule has 3 aromatic carbocycles.